The van der Waals surface area contributed by atoms with E-state index < -0.39 is 29.8 Å². The first-order valence-electron chi connectivity index (χ1n) is 6.76. The van der Waals surface area contributed by atoms with Crippen LogP contribution in [0.4, 0.5) is 18.0 Å². The molecule has 0 bridgehead atoms. The van der Waals surface area contributed by atoms with Gasteiger partial charge in [-0.3, -0.25) is 4.79 Å². The fourth-order valence-electron chi connectivity index (χ4n) is 2.10. The van der Waals surface area contributed by atoms with Gasteiger partial charge in [-0.2, -0.15) is 13.2 Å². The molecule has 1 fully saturated rings. The van der Waals surface area contributed by atoms with E-state index in [4.69, 9.17) is 4.74 Å². The molecular weight excluding hydrogens is 289 g/mol. The maximum atomic E-state index is 12.2. The fourth-order valence-corrected chi connectivity index (χ4v) is 2.10. The largest absolute Gasteiger partial charge is 0.471 e. The van der Waals surface area contributed by atoms with Crippen LogP contribution in [0.5, 0.6) is 0 Å². The summed E-state index contributed by atoms with van der Waals surface area (Å²) in [5.41, 5.74) is -0.623. The molecule has 122 valence electrons. The van der Waals surface area contributed by atoms with Gasteiger partial charge in [0, 0.05) is 19.1 Å². The Morgan fingerprint density at radius 3 is 2.24 bits per heavy atom. The molecule has 0 spiro atoms. The Morgan fingerprint density at radius 1 is 1.24 bits per heavy atom. The number of nitrogens with one attached hydrogen (secondary N) is 1. The highest BCUT2D eigenvalue weighted by atomic mass is 19.4. The van der Waals surface area contributed by atoms with E-state index >= 15 is 0 Å². The van der Waals surface area contributed by atoms with Crippen molar-refractivity contribution in [3.8, 4) is 0 Å². The lowest BCUT2D eigenvalue weighted by Gasteiger charge is -2.37. The summed E-state index contributed by atoms with van der Waals surface area (Å²) in [5.74, 6) is -2.22. The van der Waals surface area contributed by atoms with E-state index in [-0.39, 0.29) is 25.4 Å². The van der Waals surface area contributed by atoms with Gasteiger partial charge in [0.1, 0.15) is 5.60 Å². The minimum absolute atomic E-state index is 0.248. The van der Waals surface area contributed by atoms with Crippen molar-refractivity contribution in [3.05, 3.63) is 0 Å². The van der Waals surface area contributed by atoms with E-state index in [1.807, 2.05) is 5.32 Å². The number of carbonyl (C=O) groups is 2. The summed E-state index contributed by atoms with van der Waals surface area (Å²) < 4.78 is 41.9. The highest BCUT2D eigenvalue weighted by molar-refractivity contribution is 5.82. The second kappa shape index (κ2) is 6.11. The number of halogens is 3. The third kappa shape index (κ3) is 5.43. The molecule has 1 saturated heterocycles. The summed E-state index contributed by atoms with van der Waals surface area (Å²) in [6, 6.07) is -0.599. The zero-order valence-corrected chi connectivity index (χ0v) is 12.6. The Morgan fingerprint density at radius 2 is 1.81 bits per heavy atom. The average Bonchev–Trinajstić information content (AvgIpc) is 2.28. The molecule has 1 aliphatic heterocycles. The molecule has 0 aliphatic carbocycles. The van der Waals surface area contributed by atoms with Crippen LogP contribution >= 0.6 is 0 Å². The van der Waals surface area contributed by atoms with Gasteiger partial charge in [-0.05, 0) is 33.1 Å². The number of ether oxygens (including phenoxy) is 1. The zero-order valence-electron chi connectivity index (χ0n) is 12.6. The lowest BCUT2D eigenvalue weighted by Crippen LogP contribution is -2.54. The van der Waals surface area contributed by atoms with Crippen molar-refractivity contribution in [2.45, 2.75) is 51.9 Å². The van der Waals surface area contributed by atoms with Gasteiger partial charge < -0.3 is 15.0 Å². The molecule has 0 aromatic heterocycles. The van der Waals surface area contributed by atoms with Crippen LogP contribution in [-0.4, -0.2) is 47.8 Å². The van der Waals surface area contributed by atoms with Crippen LogP contribution in [0.1, 0.15) is 34.1 Å². The molecule has 5 nitrogen and oxygen atoms in total. The molecule has 2 atom stereocenters. The van der Waals surface area contributed by atoms with Crippen molar-refractivity contribution in [2.24, 2.45) is 5.92 Å². The SMILES string of the molecule is C[C@H]1CN(C(=O)OC(C)(C)C)CC[C@H]1NC(=O)C(F)(F)F. The first kappa shape index (κ1) is 17.6. The van der Waals surface area contributed by atoms with Crippen LogP contribution in [0.3, 0.4) is 0 Å². The van der Waals surface area contributed by atoms with Crippen molar-refractivity contribution in [3.63, 3.8) is 0 Å². The molecule has 2 amide bonds. The third-order valence-corrected chi connectivity index (χ3v) is 3.13. The summed E-state index contributed by atoms with van der Waals surface area (Å²) in [6.45, 7) is 7.41. The number of hydrogen-bond donors (Lipinski definition) is 1. The van der Waals surface area contributed by atoms with E-state index in [1.54, 1.807) is 27.7 Å². The number of hydrogen-bond acceptors (Lipinski definition) is 3. The van der Waals surface area contributed by atoms with E-state index in [2.05, 4.69) is 0 Å². The number of alkyl halides is 3. The monoisotopic (exact) mass is 310 g/mol. The highest BCUT2D eigenvalue weighted by Crippen LogP contribution is 2.22. The van der Waals surface area contributed by atoms with Gasteiger partial charge in [0.2, 0.25) is 0 Å². The summed E-state index contributed by atoms with van der Waals surface area (Å²) in [7, 11) is 0. The Balaban J connectivity index is 2.55. The molecule has 1 rings (SSSR count). The molecule has 1 N–H and O–H groups in total. The minimum atomic E-state index is -4.89. The van der Waals surface area contributed by atoms with Gasteiger partial charge in [0.15, 0.2) is 0 Å². The summed E-state index contributed by atoms with van der Waals surface area (Å²) in [4.78, 5) is 24.3. The molecule has 21 heavy (non-hydrogen) atoms. The van der Waals surface area contributed by atoms with E-state index in [0.29, 0.717) is 0 Å². The van der Waals surface area contributed by atoms with Crippen molar-refractivity contribution < 1.29 is 27.5 Å². The second-order valence-electron chi connectivity index (χ2n) is 6.27. The van der Waals surface area contributed by atoms with Crippen LogP contribution < -0.4 is 5.32 Å². The van der Waals surface area contributed by atoms with Crippen molar-refractivity contribution in [1.29, 1.82) is 0 Å². The molecular formula is C13H21F3N2O3. The Kier molecular flexibility index (Phi) is 5.11. The van der Waals surface area contributed by atoms with Crippen LogP contribution in [-0.2, 0) is 9.53 Å². The molecule has 0 aromatic rings. The zero-order chi connectivity index (χ0) is 16.4. The topological polar surface area (TPSA) is 58.6 Å². The van der Waals surface area contributed by atoms with Crippen LogP contribution in [0.2, 0.25) is 0 Å². The van der Waals surface area contributed by atoms with Crippen LogP contribution in [0.15, 0.2) is 0 Å². The fraction of sp³-hybridized carbons (Fsp3) is 0.846. The highest BCUT2D eigenvalue weighted by Gasteiger charge is 2.41. The van der Waals surface area contributed by atoms with Crippen LogP contribution in [0, 0.1) is 5.92 Å². The first-order chi connectivity index (χ1) is 9.40. The number of amides is 2. The van der Waals surface area contributed by atoms with E-state index in [1.165, 1.54) is 4.90 Å². The van der Waals surface area contributed by atoms with Gasteiger partial charge in [-0.25, -0.2) is 4.79 Å². The second-order valence-corrected chi connectivity index (χ2v) is 6.27. The number of piperidine rings is 1. The minimum Gasteiger partial charge on any atom is -0.444 e. The number of nitrogens with zero attached hydrogens (tertiary/aromatic N) is 1. The van der Waals surface area contributed by atoms with Gasteiger partial charge in [0.25, 0.3) is 0 Å². The maximum Gasteiger partial charge on any atom is 0.471 e. The molecule has 1 aliphatic rings. The van der Waals surface area contributed by atoms with E-state index in [9.17, 15) is 22.8 Å². The molecule has 1 heterocycles. The number of rotatable bonds is 1. The van der Waals surface area contributed by atoms with E-state index in [0.717, 1.165) is 0 Å². The Bertz CT molecular complexity index is 404. The molecule has 0 saturated carbocycles. The maximum absolute atomic E-state index is 12.2. The third-order valence-electron chi connectivity index (χ3n) is 3.13. The smallest absolute Gasteiger partial charge is 0.444 e. The Hall–Kier alpha value is -1.47. The first-order valence-corrected chi connectivity index (χ1v) is 6.76. The summed E-state index contributed by atoms with van der Waals surface area (Å²) in [5, 5.41) is 1.97. The van der Waals surface area contributed by atoms with Crippen LogP contribution in [0.25, 0.3) is 0 Å². The van der Waals surface area contributed by atoms with Gasteiger partial charge in [-0.1, -0.05) is 6.92 Å². The molecule has 0 radical (unpaired) electrons. The van der Waals surface area contributed by atoms with Gasteiger partial charge in [0.05, 0.1) is 0 Å². The summed E-state index contributed by atoms with van der Waals surface area (Å²) in [6.07, 6.45) is -5.11. The van der Waals surface area contributed by atoms with Gasteiger partial charge >= 0.3 is 18.2 Å². The quantitative estimate of drug-likeness (QED) is 0.808. The standard InChI is InChI=1S/C13H21F3N2O3/c1-8-7-18(11(20)21-12(2,3)4)6-5-9(8)17-10(19)13(14,15)16/h8-9H,5-7H2,1-4H3,(H,17,19)/t8-,9+/m0/s1. The molecule has 0 aromatic carbocycles. The molecule has 0 unspecified atom stereocenters. The number of likely N-dealkylation sites (tertiary alicyclic amines) is 1. The normalized spacial score (nSPS) is 23.7. The van der Waals surface area contributed by atoms with Crippen molar-refractivity contribution in [1.82, 2.24) is 10.2 Å². The Labute approximate surface area is 121 Å². The van der Waals surface area contributed by atoms with Gasteiger partial charge in [-0.15, -0.1) is 0 Å². The lowest BCUT2D eigenvalue weighted by atomic mass is 9.94. The molecule has 8 heteroatoms. The number of carbonyl (C=O) groups excluding carboxylic acids is 2. The predicted octanol–water partition coefficient (Wildman–Crippen LogP) is 2.31. The summed E-state index contributed by atoms with van der Waals surface area (Å²) >= 11 is 0. The van der Waals surface area contributed by atoms with Crippen molar-refractivity contribution >= 4 is 12.0 Å². The predicted molar refractivity (Wildman–Crippen MR) is 69.6 cm³/mol. The lowest BCUT2D eigenvalue weighted by molar-refractivity contribution is -0.175. The van der Waals surface area contributed by atoms with Crippen molar-refractivity contribution in [2.75, 3.05) is 13.1 Å². The average molecular weight is 310 g/mol.